The number of amides is 1. The molecule has 30 heavy (non-hydrogen) atoms. The number of hydrogen-bond acceptors (Lipinski definition) is 6. The predicted molar refractivity (Wildman–Crippen MR) is 123 cm³/mol. The molecule has 1 aliphatic carbocycles. The molecule has 158 valence electrons. The minimum absolute atomic E-state index is 0.00803. The summed E-state index contributed by atoms with van der Waals surface area (Å²) in [6, 6.07) is 9.38. The first-order valence-electron chi connectivity index (χ1n) is 10.1. The lowest BCUT2D eigenvalue weighted by Crippen LogP contribution is -2.27. The fourth-order valence-electron chi connectivity index (χ4n) is 3.69. The van der Waals surface area contributed by atoms with Gasteiger partial charge in [-0.15, -0.1) is 11.3 Å². The van der Waals surface area contributed by atoms with E-state index >= 15 is 0 Å². The van der Waals surface area contributed by atoms with Crippen molar-refractivity contribution in [3.63, 3.8) is 0 Å². The molecule has 1 atom stereocenters. The van der Waals surface area contributed by atoms with Crippen LogP contribution in [-0.4, -0.2) is 34.4 Å². The number of ether oxygens (including phenoxy) is 1. The zero-order valence-electron chi connectivity index (χ0n) is 17.1. The SMILES string of the molecule is COCCCn1c(S[C@H](C)C(=O)Nc2ccccc2)nc2sc3c(c2c1=O)CCC3. The maximum absolute atomic E-state index is 13.4. The fourth-order valence-corrected chi connectivity index (χ4v) is 5.93. The Kier molecular flexibility index (Phi) is 6.55. The van der Waals surface area contributed by atoms with E-state index in [1.54, 1.807) is 23.0 Å². The first-order chi connectivity index (χ1) is 14.6. The number of thioether (sulfide) groups is 1. The number of aryl methyl sites for hydroxylation is 2. The molecule has 1 N–H and O–H groups in total. The zero-order chi connectivity index (χ0) is 21.1. The summed E-state index contributed by atoms with van der Waals surface area (Å²) in [6.45, 7) is 2.93. The number of anilines is 1. The topological polar surface area (TPSA) is 73.2 Å². The molecule has 0 aliphatic heterocycles. The lowest BCUT2D eigenvalue weighted by Gasteiger charge is -2.16. The summed E-state index contributed by atoms with van der Waals surface area (Å²) < 4.78 is 6.90. The van der Waals surface area contributed by atoms with Gasteiger partial charge in [0.05, 0.1) is 10.6 Å². The van der Waals surface area contributed by atoms with Crippen molar-refractivity contribution in [2.45, 2.75) is 49.6 Å². The van der Waals surface area contributed by atoms with Crippen molar-refractivity contribution in [1.82, 2.24) is 9.55 Å². The van der Waals surface area contributed by atoms with Gasteiger partial charge < -0.3 is 10.1 Å². The van der Waals surface area contributed by atoms with Gasteiger partial charge in [0.15, 0.2) is 5.16 Å². The third-order valence-electron chi connectivity index (χ3n) is 5.21. The number of hydrogen-bond donors (Lipinski definition) is 1. The van der Waals surface area contributed by atoms with Crippen LogP contribution < -0.4 is 10.9 Å². The van der Waals surface area contributed by atoms with Crippen LogP contribution in [-0.2, 0) is 28.9 Å². The van der Waals surface area contributed by atoms with E-state index in [9.17, 15) is 9.59 Å². The number of fused-ring (bicyclic) bond motifs is 3. The fraction of sp³-hybridized carbons (Fsp3) is 0.409. The molecule has 1 amide bonds. The number of rotatable bonds is 8. The van der Waals surface area contributed by atoms with Gasteiger partial charge in [-0.1, -0.05) is 30.0 Å². The first kappa shape index (κ1) is 21.1. The van der Waals surface area contributed by atoms with Crippen LogP contribution >= 0.6 is 23.1 Å². The molecule has 1 aromatic carbocycles. The minimum Gasteiger partial charge on any atom is -0.385 e. The highest BCUT2D eigenvalue weighted by molar-refractivity contribution is 8.00. The Balaban J connectivity index is 1.63. The second-order valence-corrected chi connectivity index (χ2v) is 9.74. The Bertz CT molecular complexity index is 1110. The van der Waals surface area contributed by atoms with Crippen LogP contribution in [0.5, 0.6) is 0 Å². The van der Waals surface area contributed by atoms with Gasteiger partial charge in [-0.25, -0.2) is 4.98 Å². The van der Waals surface area contributed by atoms with Crippen molar-refractivity contribution in [1.29, 1.82) is 0 Å². The summed E-state index contributed by atoms with van der Waals surface area (Å²) in [7, 11) is 1.65. The molecule has 2 heterocycles. The molecule has 0 fully saturated rings. The Hall–Kier alpha value is -2.16. The largest absolute Gasteiger partial charge is 0.385 e. The van der Waals surface area contributed by atoms with Crippen LogP contribution in [0.3, 0.4) is 0 Å². The van der Waals surface area contributed by atoms with Gasteiger partial charge in [0.25, 0.3) is 5.56 Å². The number of carbonyl (C=O) groups excluding carboxylic acids is 1. The molecular weight excluding hydrogens is 418 g/mol. The van der Waals surface area contributed by atoms with Crippen LogP contribution in [0.2, 0.25) is 0 Å². The summed E-state index contributed by atoms with van der Waals surface area (Å²) in [5.74, 6) is -0.113. The first-order valence-corrected chi connectivity index (χ1v) is 11.8. The Morgan fingerprint density at radius 1 is 1.33 bits per heavy atom. The lowest BCUT2D eigenvalue weighted by molar-refractivity contribution is -0.115. The molecule has 0 bridgehead atoms. The van der Waals surface area contributed by atoms with Crippen molar-refractivity contribution >= 4 is 44.9 Å². The number of carbonyl (C=O) groups is 1. The van der Waals surface area contributed by atoms with Crippen molar-refractivity contribution in [2.24, 2.45) is 0 Å². The van der Waals surface area contributed by atoms with Crippen LogP contribution in [0.1, 0.15) is 30.2 Å². The number of thiophene rings is 1. The maximum atomic E-state index is 13.4. The summed E-state index contributed by atoms with van der Waals surface area (Å²) in [5, 5.41) is 3.90. The van der Waals surface area contributed by atoms with E-state index in [1.807, 2.05) is 37.3 Å². The van der Waals surface area contributed by atoms with Gasteiger partial charge in [0.2, 0.25) is 5.91 Å². The third kappa shape index (κ3) is 4.31. The highest BCUT2D eigenvalue weighted by atomic mass is 32.2. The lowest BCUT2D eigenvalue weighted by atomic mass is 10.2. The molecule has 1 aliphatic rings. The molecule has 0 unspecified atom stereocenters. The summed E-state index contributed by atoms with van der Waals surface area (Å²) in [4.78, 5) is 33.0. The average molecular weight is 444 g/mol. The average Bonchev–Trinajstić information content (AvgIpc) is 3.32. The molecule has 6 nitrogen and oxygen atoms in total. The monoisotopic (exact) mass is 443 g/mol. The van der Waals surface area contributed by atoms with Crippen LogP contribution in [0.25, 0.3) is 10.2 Å². The predicted octanol–water partition coefficient (Wildman–Crippen LogP) is 4.10. The van der Waals surface area contributed by atoms with Crippen molar-refractivity contribution in [2.75, 3.05) is 19.0 Å². The van der Waals surface area contributed by atoms with Gasteiger partial charge in [0, 0.05) is 30.8 Å². The van der Waals surface area contributed by atoms with Gasteiger partial charge in [0.1, 0.15) is 4.83 Å². The van der Waals surface area contributed by atoms with E-state index in [1.165, 1.54) is 22.2 Å². The number of nitrogens with one attached hydrogen (secondary N) is 1. The van der Waals surface area contributed by atoms with Gasteiger partial charge in [-0.2, -0.15) is 0 Å². The number of benzene rings is 1. The van der Waals surface area contributed by atoms with E-state index in [2.05, 4.69) is 5.32 Å². The molecule has 0 radical (unpaired) electrons. The quantitative estimate of drug-likeness (QED) is 0.322. The number of nitrogens with zero attached hydrogens (tertiary/aromatic N) is 2. The van der Waals surface area contributed by atoms with E-state index in [0.717, 1.165) is 35.2 Å². The smallest absolute Gasteiger partial charge is 0.263 e. The minimum atomic E-state index is -0.393. The van der Waals surface area contributed by atoms with E-state index in [0.29, 0.717) is 24.7 Å². The highest BCUT2D eigenvalue weighted by Gasteiger charge is 2.25. The second-order valence-electron chi connectivity index (χ2n) is 7.35. The number of para-hydroxylation sites is 1. The van der Waals surface area contributed by atoms with Crippen molar-refractivity contribution in [3.8, 4) is 0 Å². The van der Waals surface area contributed by atoms with Gasteiger partial charge >= 0.3 is 0 Å². The van der Waals surface area contributed by atoms with Crippen LogP contribution in [0, 0.1) is 0 Å². The van der Waals surface area contributed by atoms with E-state index < -0.39 is 5.25 Å². The highest BCUT2D eigenvalue weighted by Crippen LogP contribution is 2.36. The van der Waals surface area contributed by atoms with E-state index in [-0.39, 0.29) is 11.5 Å². The van der Waals surface area contributed by atoms with E-state index in [4.69, 9.17) is 9.72 Å². The Morgan fingerprint density at radius 2 is 2.13 bits per heavy atom. The standard InChI is InChI=1S/C22H25N3O3S2/c1-14(19(26)23-15-8-4-3-5-9-15)29-22-24-20-18(16-10-6-11-17(16)30-20)21(27)25(22)12-7-13-28-2/h3-5,8-9,14H,6-7,10-13H2,1-2H3,(H,23,26)/t14-/m1/s1. The molecule has 0 spiro atoms. The summed E-state index contributed by atoms with van der Waals surface area (Å²) in [6.07, 6.45) is 3.80. The summed E-state index contributed by atoms with van der Waals surface area (Å²) >= 11 is 2.96. The zero-order valence-corrected chi connectivity index (χ0v) is 18.8. The molecule has 0 saturated heterocycles. The number of methoxy groups -OCH3 is 1. The molecule has 2 aromatic heterocycles. The molecule has 0 saturated carbocycles. The van der Waals surface area contributed by atoms with Gasteiger partial charge in [-0.3, -0.25) is 14.2 Å². The maximum Gasteiger partial charge on any atom is 0.263 e. The summed E-state index contributed by atoms with van der Waals surface area (Å²) in [5.41, 5.74) is 1.94. The number of aromatic nitrogens is 2. The van der Waals surface area contributed by atoms with Crippen LogP contribution in [0.15, 0.2) is 40.3 Å². The third-order valence-corrected chi connectivity index (χ3v) is 7.49. The Labute approximate surface area is 183 Å². The second kappa shape index (κ2) is 9.32. The molecule has 8 heteroatoms. The molecule has 4 rings (SSSR count). The van der Waals surface area contributed by atoms with Gasteiger partial charge in [-0.05, 0) is 50.3 Å². The van der Waals surface area contributed by atoms with Crippen molar-refractivity contribution in [3.05, 3.63) is 51.1 Å². The molecular formula is C22H25N3O3S2. The van der Waals surface area contributed by atoms with Crippen molar-refractivity contribution < 1.29 is 9.53 Å². The van der Waals surface area contributed by atoms with Crippen LogP contribution in [0.4, 0.5) is 5.69 Å². The Morgan fingerprint density at radius 3 is 2.90 bits per heavy atom. The molecule has 3 aromatic rings. The normalized spacial score (nSPS) is 14.1.